The number of anilines is 1. The summed E-state index contributed by atoms with van der Waals surface area (Å²) in [5, 5.41) is 4.24. The zero-order valence-electron chi connectivity index (χ0n) is 11.1. The Morgan fingerprint density at radius 1 is 1.11 bits per heavy atom. The van der Waals surface area contributed by atoms with E-state index < -0.39 is 0 Å². The van der Waals surface area contributed by atoms with E-state index in [-0.39, 0.29) is 11.8 Å². The number of aromatic nitrogens is 1. The van der Waals surface area contributed by atoms with Crippen molar-refractivity contribution >= 4 is 22.5 Å². The van der Waals surface area contributed by atoms with Gasteiger partial charge >= 0.3 is 0 Å². The third kappa shape index (κ3) is 2.80. The molecule has 19 heavy (non-hydrogen) atoms. The van der Waals surface area contributed by atoms with Crippen LogP contribution in [0.15, 0.2) is 30.5 Å². The van der Waals surface area contributed by atoms with Crippen LogP contribution in [-0.4, -0.2) is 10.9 Å². The first-order valence-corrected chi connectivity index (χ1v) is 7.21. The Bertz CT molecular complexity index is 565. The molecule has 1 fully saturated rings. The number of carbonyl (C=O) groups is 1. The average Bonchev–Trinajstić information content (AvgIpc) is 2.71. The summed E-state index contributed by atoms with van der Waals surface area (Å²) in [7, 11) is 0. The predicted molar refractivity (Wildman–Crippen MR) is 78.1 cm³/mol. The van der Waals surface area contributed by atoms with E-state index in [0.29, 0.717) is 0 Å². The molecule has 0 saturated heterocycles. The standard InChI is InChI=1S/C16H20N2O/c19-16(13-5-3-1-2-4-6-13)18-14-8-7-12-9-10-17-15(12)11-14/h7-11,13,17H,1-6H2,(H,18,19). The quantitative estimate of drug-likeness (QED) is 0.781. The van der Waals surface area contributed by atoms with Crippen LogP contribution in [0.5, 0.6) is 0 Å². The minimum absolute atomic E-state index is 0.188. The highest BCUT2D eigenvalue weighted by Crippen LogP contribution is 2.25. The van der Waals surface area contributed by atoms with Crippen molar-refractivity contribution in [3.05, 3.63) is 30.5 Å². The van der Waals surface area contributed by atoms with Crippen molar-refractivity contribution in [1.82, 2.24) is 4.98 Å². The largest absolute Gasteiger partial charge is 0.361 e. The van der Waals surface area contributed by atoms with Crippen molar-refractivity contribution in [2.75, 3.05) is 5.32 Å². The van der Waals surface area contributed by atoms with Crippen LogP contribution in [0.1, 0.15) is 38.5 Å². The summed E-state index contributed by atoms with van der Waals surface area (Å²) in [5.74, 6) is 0.384. The van der Waals surface area contributed by atoms with Crippen LogP contribution in [0.3, 0.4) is 0 Å². The number of benzene rings is 1. The van der Waals surface area contributed by atoms with Crippen LogP contribution in [-0.2, 0) is 4.79 Å². The highest BCUT2D eigenvalue weighted by molar-refractivity contribution is 5.94. The first kappa shape index (κ1) is 12.3. The SMILES string of the molecule is O=C(Nc1ccc2cc[nH]c2c1)C1CCCCCC1. The molecular formula is C16H20N2O. The third-order valence-corrected chi connectivity index (χ3v) is 4.05. The number of nitrogens with one attached hydrogen (secondary N) is 2. The lowest BCUT2D eigenvalue weighted by molar-refractivity contribution is -0.120. The van der Waals surface area contributed by atoms with Crippen LogP contribution >= 0.6 is 0 Å². The molecule has 2 N–H and O–H groups in total. The Labute approximate surface area is 113 Å². The molecule has 0 aliphatic heterocycles. The molecule has 1 aromatic carbocycles. The molecule has 0 unspecified atom stereocenters. The Balaban J connectivity index is 1.70. The number of H-pyrrole nitrogens is 1. The average molecular weight is 256 g/mol. The minimum atomic E-state index is 0.188. The van der Waals surface area contributed by atoms with Gasteiger partial charge in [0.1, 0.15) is 0 Å². The van der Waals surface area contributed by atoms with Gasteiger partial charge in [0.05, 0.1) is 0 Å². The van der Waals surface area contributed by atoms with Gasteiger partial charge in [-0.15, -0.1) is 0 Å². The van der Waals surface area contributed by atoms with Crippen LogP contribution in [0, 0.1) is 5.92 Å². The molecular weight excluding hydrogens is 236 g/mol. The smallest absolute Gasteiger partial charge is 0.227 e. The van der Waals surface area contributed by atoms with Crippen LogP contribution < -0.4 is 5.32 Å². The molecule has 1 amide bonds. The normalized spacial score (nSPS) is 17.3. The summed E-state index contributed by atoms with van der Waals surface area (Å²) in [5.41, 5.74) is 1.96. The lowest BCUT2D eigenvalue weighted by Crippen LogP contribution is -2.22. The number of carbonyl (C=O) groups excluding carboxylic acids is 1. The van der Waals surface area contributed by atoms with Gasteiger partial charge in [0.15, 0.2) is 0 Å². The minimum Gasteiger partial charge on any atom is -0.361 e. The highest BCUT2D eigenvalue weighted by Gasteiger charge is 2.19. The molecule has 1 aliphatic carbocycles. The highest BCUT2D eigenvalue weighted by atomic mass is 16.1. The Morgan fingerprint density at radius 3 is 2.68 bits per heavy atom. The molecule has 3 nitrogen and oxygen atoms in total. The van der Waals surface area contributed by atoms with Gasteiger partial charge in [-0.05, 0) is 36.4 Å². The first-order valence-electron chi connectivity index (χ1n) is 7.21. The maximum Gasteiger partial charge on any atom is 0.227 e. The lowest BCUT2D eigenvalue weighted by Gasteiger charge is -2.14. The Hall–Kier alpha value is -1.77. The van der Waals surface area contributed by atoms with Crippen LogP contribution in [0.4, 0.5) is 5.69 Å². The van der Waals surface area contributed by atoms with Gasteiger partial charge in [0, 0.05) is 23.3 Å². The Morgan fingerprint density at radius 2 is 1.89 bits per heavy atom. The van der Waals surface area contributed by atoms with Gasteiger partial charge in [-0.2, -0.15) is 0 Å². The zero-order chi connectivity index (χ0) is 13.1. The fourth-order valence-corrected chi connectivity index (χ4v) is 2.91. The molecule has 0 radical (unpaired) electrons. The lowest BCUT2D eigenvalue weighted by atomic mass is 9.99. The van der Waals surface area contributed by atoms with E-state index in [1.165, 1.54) is 31.1 Å². The topological polar surface area (TPSA) is 44.9 Å². The van der Waals surface area contributed by atoms with E-state index in [2.05, 4.69) is 10.3 Å². The van der Waals surface area contributed by atoms with Crippen LogP contribution in [0.2, 0.25) is 0 Å². The monoisotopic (exact) mass is 256 g/mol. The van der Waals surface area contributed by atoms with E-state index in [1.807, 2.05) is 30.5 Å². The maximum absolute atomic E-state index is 12.3. The molecule has 3 heteroatoms. The second-order valence-electron chi connectivity index (χ2n) is 5.46. The molecule has 0 bridgehead atoms. The van der Waals surface area contributed by atoms with Gasteiger partial charge in [0.2, 0.25) is 5.91 Å². The number of fused-ring (bicyclic) bond motifs is 1. The van der Waals surface area contributed by atoms with Gasteiger partial charge in [-0.25, -0.2) is 0 Å². The fraction of sp³-hybridized carbons (Fsp3) is 0.438. The van der Waals surface area contributed by atoms with E-state index in [0.717, 1.165) is 24.0 Å². The summed E-state index contributed by atoms with van der Waals surface area (Å²) >= 11 is 0. The summed E-state index contributed by atoms with van der Waals surface area (Å²) in [6.07, 6.45) is 8.92. The Kier molecular flexibility index (Phi) is 3.53. The fourth-order valence-electron chi connectivity index (χ4n) is 2.91. The molecule has 100 valence electrons. The number of rotatable bonds is 2. The molecule has 0 spiro atoms. The molecule has 1 saturated carbocycles. The number of hydrogen-bond donors (Lipinski definition) is 2. The molecule has 1 aliphatic rings. The van der Waals surface area contributed by atoms with Crippen molar-refractivity contribution in [3.8, 4) is 0 Å². The van der Waals surface area contributed by atoms with Crippen molar-refractivity contribution in [2.24, 2.45) is 5.92 Å². The van der Waals surface area contributed by atoms with Gasteiger partial charge in [0.25, 0.3) is 0 Å². The van der Waals surface area contributed by atoms with Crippen molar-refractivity contribution in [3.63, 3.8) is 0 Å². The van der Waals surface area contributed by atoms with Gasteiger partial charge in [-0.1, -0.05) is 31.7 Å². The number of aromatic amines is 1. The van der Waals surface area contributed by atoms with E-state index in [1.54, 1.807) is 0 Å². The van der Waals surface area contributed by atoms with E-state index in [4.69, 9.17) is 0 Å². The number of amides is 1. The first-order chi connectivity index (χ1) is 9.33. The molecule has 0 atom stereocenters. The summed E-state index contributed by atoms with van der Waals surface area (Å²) in [4.78, 5) is 15.4. The summed E-state index contributed by atoms with van der Waals surface area (Å²) in [6.45, 7) is 0. The third-order valence-electron chi connectivity index (χ3n) is 4.05. The predicted octanol–water partition coefficient (Wildman–Crippen LogP) is 4.08. The second-order valence-corrected chi connectivity index (χ2v) is 5.46. The van der Waals surface area contributed by atoms with Crippen LogP contribution in [0.25, 0.3) is 10.9 Å². The van der Waals surface area contributed by atoms with Gasteiger partial charge in [-0.3, -0.25) is 4.79 Å². The zero-order valence-corrected chi connectivity index (χ0v) is 11.1. The van der Waals surface area contributed by atoms with E-state index in [9.17, 15) is 4.79 Å². The van der Waals surface area contributed by atoms with Crippen molar-refractivity contribution in [2.45, 2.75) is 38.5 Å². The molecule has 1 heterocycles. The number of hydrogen-bond acceptors (Lipinski definition) is 1. The molecule has 2 aromatic rings. The molecule has 3 rings (SSSR count). The van der Waals surface area contributed by atoms with Gasteiger partial charge < -0.3 is 10.3 Å². The maximum atomic E-state index is 12.3. The summed E-state index contributed by atoms with van der Waals surface area (Å²) < 4.78 is 0. The van der Waals surface area contributed by atoms with Crippen molar-refractivity contribution in [1.29, 1.82) is 0 Å². The molecule has 1 aromatic heterocycles. The second kappa shape index (κ2) is 5.47. The van der Waals surface area contributed by atoms with E-state index >= 15 is 0 Å². The summed E-state index contributed by atoms with van der Waals surface area (Å²) in [6, 6.07) is 8.05. The van der Waals surface area contributed by atoms with Crippen molar-refractivity contribution < 1.29 is 4.79 Å².